The van der Waals surface area contributed by atoms with Crippen LogP contribution in [0.15, 0.2) is 42.5 Å². The number of hydrogen-bond acceptors (Lipinski definition) is 6. The summed E-state index contributed by atoms with van der Waals surface area (Å²) >= 11 is 7.42. The number of aryl methyl sites for hydroxylation is 2. The first-order chi connectivity index (χ1) is 20.5. The monoisotopic (exact) mass is 627 g/mol. The number of primary amides is 1. The molecule has 0 unspecified atom stereocenters. The molecule has 0 aliphatic heterocycles. The number of rotatable bonds is 8. The zero-order chi connectivity index (χ0) is 30.8. The maximum Gasteiger partial charge on any atom is 0.404 e. The van der Waals surface area contributed by atoms with Crippen molar-refractivity contribution in [1.29, 1.82) is 0 Å². The third kappa shape index (κ3) is 6.60. The number of nitrogens with zero attached hydrogens (tertiary/aromatic N) is 2. The first-order valence-corrected chi connectivity index (χ1v) is 15.2. The maximum absolute atomic E-state index is 14.7. The summed E-state index contributed by atoms with van der Waals surface area (Å²) in [6, 6.07) is 11.7. The Morgan fingerprint density at radius 1 is 1.02 bits per heavy atom. The molecule has 0 atom stereocenters. The van der Waals surface area contributed by atoms with E-state index in [9.17, 15) is 18.4 Å². The van der Waals surface area contributed by atoms with Crippen molar-refractivity contribution in [2.24, 2.45) is 11.7 Å². The molecule has 0 bridgehead atoms. The molecule has 0 spiro atoms. The molecule has 1 aliphatic rings. The van der Waals surface area contributed by atoms with E-state index in [1.165, 1.54) is 0 Å². The summed E-state index contributed by atoms with van der Waals surface area (Å²) in [4.78, 5) is 31.7. The Balaban J connectivity index is 1.53. The number of pyridine rings is 1. The molecule has 11 heteroatoms. The second-order valence-corrected chi connectivity index (χ2v) is 12.3. The van der Waals surface area contributed by atoms with Gasteiger partial charge in [0.25, 0.3) is 5.91 Å². The molecular formula is C32H32ClF2N3O4S. The Morgan fingerprint density at radius 2 is 1.70 bits per heavy atom. The van der Waals surface area contributed by atoms with Gasteiger partial charge in [0.15, 0.2) is 0 Å². The van der Waals surface area contributed by atoms with Crippen LogP contribution in [0.5, 0.6) is 5.75 Å². The van der Waals surface area contributed by atoms with Crippen LogP contribution in [0.4, 0.5) is 13.6 Å². The number of thiophene rings is 1. The Kier molecular flexibility index (Phi) is 9.17. The number of hydrogen-bond donors (Lipinski definition) is 1. The quantitative estimate of drug-likeness (QED) is 0.215. The standard InChI is InChI=1S/C32H32ClF2N3O4S/c1-17-12-21(13-18(2)37-17)20-6-11-26(41-3)22(14-20)15-38(23-7-4-19(5-8-23)16-42-32(36)40)31(39)30-28(33)27-24(34)9-10-25(35)29(27)43-30/h6,9-14,19,23H,4-5,7-8,15-16H2,1-3H3,(H2,36,40). The average molecular weight is 628 g/mol. The topological polar surface area (TPSA) is 94.8 Å². The summed E-state index contributed by atoms with van der Waals surface area (Å²) in [5, 5.41) is -0.190. The van der Waals surface area contributed by atoms with Gasteiger partial charge in [0.1, 0.15) is 22.3 Å². The van der Waals surface area contributed by atoms with Gasteiger partial charge in [-0.05, 0) is 93.0 Å². The molecule has 5 rings (SSSR count). The van der Waals surface area contributed by atoms with Gasteiger partial charge in [-0.3, -0.25) is 9.78 Å². The van der Waals surface area contributed by atoms with Crippen molar-refractivity contribution in [1.82, 2.24) is 9.88 Å². The van der Waals surface area contributed by atoms with E-state index in [0.717, 1.165) is 51.5 Å². The average Bonchev–Trinajstić information content (AvgIpc) is 3.34. The van der Waals surface area contributed by atoms with Crippen molar-refractivity contribution in [2.45, 2.75) is 52.1 Å². The summed E-state index contributed by atoms with van der Waals surface area (Å²) in [6.45, 7) is 4.28. The number of amides is 2. The lowest BCUT2D eigenvalue weighted by Gasteiger charge is -2.37. The Hall–Kier alpha value is -3.76. The predicted octanol–water partition coefficient (Wildman–Crippen LogP) is 7.82. The molecular weight excluding hydrogens is 596 g/mol. The lowest BCUT2D eigenvalue weighted by Crippen LogP contribution is -2.42. The van der Waals surface area contributed by atoms with Crippen molar-refractivity contribution in [3.63, 3.8) is 0 Å². The van der Waals surface area contributed by atoms with E-state index in [-0.39, 0.29) is 45.1 Å². The van der Waals surface area contributed by atoms with Crippen LogP contribution in [0.3, 0.4) is 0 Å². The van der Waals surface area contributed by atoms with Gasteiger partial charge in [-0.25, -0.2) is 13.6 Å². The zero-order valence-corrected chi connectivity index (χ0v) is 25.7. The number of ether oxygens (including phenoxy) is 2. The van der Waals surface area contributed by atoms with E-state index in [1.807, 2.05) is 44.2 Å². The fourth-order valence-electron chi connectivity index (χ4n) is 5.82. The minimum Gasteiger partial charge on any atom is -0.496 e. The van der Waals surface area contributed by atoms with E-state index in [4.69, 9.17) is 26.8 Å². The minimum atomic E-state index is -0.815. The highest BCUT2D eigenvalue weighted by Crippen LogP contribution is 2.41. The molecule has 2 aromatic heterocycles. The third-order valence-corrected chi connectivity index (χ3v) is 9.57. The highest BCUT2D eigenvalue weighted by molar-refractivity contribution is 7.21. The number of carbonyl (C=O) groups is 2. The molecule has 0 radical (unpaired) electrons. The number of benzene rings is 2. The number of carbonyl (C=O) groups excluding carboxylic acids is 2. The fraction of sp³-hybridized carbons (Fsp3) is 0.344. The Labute approximate surface area is 257 Å². The van der Waals surface area contributed by atoms with Crippen LogP contribution in [0.1, 0.15) is 52.3 Å². The van der Waals surface area contributed by atoms with E-state index in [0.29, 0.717) is 31.4 Å². The third-order valence-electron chi connectivity index (χ3n) is 7.89. The molecule has 2 amide bonds. The number of nitrogens with two attached hydrogens (primary N) is 1. The summed E-state index contributed by atoms with van der Waals surface area (Å²) in [7, 11) is 1.57. The van der Waals surface area contributed by atoms with Crippen LogP contribution in [0.2, 0.25) is 5.02 Å². The number of aromatic nitrogens is 1. The highest BCUT2D eigenvalue weighted by atomic mass is 35.5. The maximum atomic E-state index is 14.7. The lowest BCUT2D eigenvalue weighted by atomic mass is 9.85. The van der Waals surface area contributed by atoms with Gasteiger partial charge in [-0.15, -0.1) is 11.3 Å². The summed E-state index contributed by atoms with van der Waals surface area (Å²) in [5.41, 5.74) is 9.62. The van der Waals surface area contributed by atoms with Crippen molar-refractivity contribution in [3.05, 3.63) is 81.0 Å². The lowest BCUT2D eigenvalue weighted by molar-refractivity contribution is 0.0554. The van der Waals surface area contributed by atoms with Crippen LogP contribution < -0.4 is 10.5 Å². The normalized spacial score (nSPS) is 16.7. The smallest absolute Gasteiger partial charge is 0.404 e. The van der Waals surface area contributed by atoms with Gasteiger partial charge in [-0.1, -0.05) is 17.7 Å². The van der Waals surface area contributed by atoms with Crippen molar-refractivity contribution in [2.75, 3.05) is 13.7 Å². The Morgan fingerprint density at radius 3 is 2.33 bits per heavy atom. The second-order valence-electron chi connectivity index (χ2n) is 10.9. The first kappa shape index (κ1) is 30.7. The van der Waals surface area contributed by atoms with Crippen LogP contribution in [0, 0.1) is 31.4 Å². The molecule has 1 fully saturated rings. The van der Waals surface area contributed by atoms with Gasteiger partial charge in [0, 0.05) is 29.5 Å². The van der Waals surface area contributed by atoms with Crippen LogP contribution in [-0.2, 0) is 11.3 Å². The molecule has 43 heavy (non-hydrogen) atoms. The molecule has 226 valence electrons. The largest absolute Gasteiger partial charge is 0.496 e. The fourth-order valence-corrected chi connectivity index (χ4v) is 7.33. The summed E-state index contributed by atoms with van der Waals surface area (Å²) in [5.74, 6) is -1.01. The van der Waals surface area contributed by atoms with E-state index < -0.39 is 23.6 Å². The van der Waals surface area contributed by atoms with Crippen LogP contribution in [0.25, 0.3) is 21.2 Å². The second kappa shape index (κ2) is 12.9. The number of halogens is 3. The first-order valence-electron chi connectivity index (χ1n) is 14.0. The van der Waals surface area contributed by atoms with Gasteiger partial charge >= 0.3 is 6.09 Å². The molecule has 0 saturated heterocycles. The Bertz CT molecular complexity index is 1670. The van der Waals surface area contributed by atoms with Crippen LogP contribution in [-0.4, -0.2) is 41.6 Å². The number of methoxy groups -OCH3 is 1. The molecule has 1 saturated carbocycles. The highest BCUT2D eigenvalue weighted by Gasteiger charge is 2.33. The summed E-state index contributed by atoms with van der Waals surface area (Å²) < 4.78 is 40.1. The SMILES string of the molecule is COc1ccc(-c2cc(C)nc(C)c2)cc1CN(C(=O)c1sc2c(F)ccc(F)c2c1Cl)C1CCC(COC(N)=O)CC1. The molecule has 2 N–H and O–H groups in total. The number of fused-ring (bicyclic) bond motifs is 1. The van der Waals surface area contributed by atoms with Crippen LogP contribution >= 0.6 is 22.9 Å². The van der Waals surface area contributed by atoms with E-state index in [1.54, 1.807) is 12.0 Å². The molecule has 2 aromatic carbocycles. The molecule has 1 aliphatic carbocycles. The van der Waals surface area contributed by atoms with Crippen molar-refractivity contribution >= 4 is 45.0 Å². The zero-order valence-electron chi connectivity index (χ0n) is 24.1. The van der Waals surface area contributed by atoms with Crippen molar-refractivity contribution < 1.29 is 27.8 Å². The van der Waals surface area contributed by atoms with Gasteiger partial charge in [0.05, 0.1) is 28.8 Å². The molecule has 7 nitrogen and oxygen atoms in total. The van der Waals surface area contributed by atoms with Gasteiger partial charge in [0.2, 0.25) is 0 Å². The molecule has 4 aromatic rings. The summed E-state index contributed by atoms with van der Waals surface area (Å²) in [6.07, 6.45) is 1.86. The van der Waals surface area contributed by atoms with Gasteiger partial charge in [-0.2, -0.15) is 0 Å². The minimum absolute atomic E-state index is 0.00335. The van der Waals surface area contributed by atoms with Crippen molar-refractivity contribution in [3.8, 4) is 16.9 Å². The van der Waals surface area contributed by atoms with E-state index >= 15 is 0 Å². The van der Waals surface area contributed by atoms with Gasteiger partial charge < -0.3 is 20.1 Å². The molecule has 2 heterocycles. The predicted molar refractivity (Wildman–Crippen MR) is 164 cm³/mol. The van der Waals surface area contributed by atoms with E-state index in [2.05, 4.69) is 4.98 Å².